The van der Waals surface area contributed by atoms with Crippen LogP contribution in [0.1, 0.15) is 38.5 Å². The molecule has 2 aliphatic carbocycles. The minimum absolute atomic E-state index is 0.143. The fourth-order valence-corrected chi connectivity index (χ4v) is 3.46. The van der Waals surface area contributed by atoms with Crippen LogP contribution in [-0.2, 0) is 9.59 Å². The number of carbonyl (C=O) groups excluding carboxylic acids is 1. The summed E-state index contributed by atoms with van der Waals surface area (Å²) in [5, 5.41) is 11.9. The van der Waals surface area contributed by atoms with Gasteiger partial charge >= 0.3 is 5.97 Å². The summed E-state index contributed by atoms with van der Waals surface area (Å²) in [6.45, 7) is 0.613. The molecule has 1 amide bonds. The fraction of sp³-hybridized carbons (Fsp3) is 0.833. The summed E-state index contributed by atoms with van der Waals surface area (Å²) in [5.41, 5.74) is -1.10. The zero-order valence-electron chi connectivity index (χ0n) is 10.1. The Morgan fingerprint density at radius 1 is 1.24 bits per heavy atom. The third-order valence-corrected chi connectivity index (χ3v) is 5.53. The van der Waals surface area contributed by atoms with Crippen LogP contribution in [0.2, 0.25) is 0 Å². The predicted molar refractivity (Wildman–Crippen MR) is 67.0 cm³/mol. The lowest BCUT2D eigenvalue weighted by Gasteiger charge is -2.27. The van der Waals surface area contributed by atoms with Crippen molar-refractivity contribution < 1.29 is 14.7 Å². The molecule has 0 spiro atoms. The minimum Gasteiger partial charge on any atom is -0.480 e. The Bertz CT molecular complexity index is 333. The normalized spacial score (nSPS) is 24.3. The average Bonchev–Trinajstić information content (AvgIpc) is 3.01. The number of hydrogen-bond acceptors (Lipinski definition) is 3. The Labute approximate surface area is 106 Å². The molecule has 0 aromatic rings. The highest BCUT2D eigenvalue weighted by Gasteiger charge is 2.57. The molecule has 0 saturated heterocycles. The molecule has 2 N–H and O–H groups in total. The number of aliphatic carboxylic acids is 1. The van der Waals surface area contributed by atoms with Gasteiger partial charge in [-0.1, -0.05) is 12.8 Å². The van der Waals surface area contributed by atoms with E-state index in [1.165, 1.54) is 12.8 Å². The van der Waals surface area contributed by atoms with E-state index in [0.29, 0.717) is 19.4 Å². The number of carboxylic acid groups (broad SMARTS) is 1. The molecule has 2 saturated carbocycles. The summed E-state index contributed by atoms with van der Waals surface area (Å²) in [5.74, 6) is -1.26. The Hall–Kier alpha value is -0.710. The van der Waals surface area contributed by atoms with Crippen LogP contribution >= 0.6 is 11.8 Å². The van der Waals surface area contributed by atoms with Gasteiger partial charge in [-0.2, -0.15) is 11.8 Å². The molecule has 2 fully saturated rings. The maximum Gasteiger partial charge on any atom is 0.319 e. The lowest BCUT2D eigenvalue weighted by atomic mass is 10.0. The highest BCUT2D eigenvalue weighted by Crippen LogP contribution is 2.46. The maximum absolute atomic E-state index is 11.9. The number of amides is 1. The van der Waals surface area contributed by atoms with E-state index in [1.54, 1.807) is 11.8 Å². The molecule has 0 heterocycles. The van der Waals surface area contributed by atoms with E-state index < -0.39 is 11.4 Å². The van der Waals surface area contributed by atoms with E-state index in [1.807, 2.05) is 0 Å². The molecule has 0 aromatic carbocycles. The van der Waals surface area contributed by atoms with Gasteiger partial charge in [-0.3, -0.25) is 9.59 Å². The second-order valence-corrected chi connectivity index (χ2v) is 6.44. The average molecular weight is 257 g/mol. The van der Waals surface area contributed by atoms with E-state index >= 15 is 0 Å². The molecular weight excluding hydrogens is 238 g/mol. The van der Waals surface area contributed by atoms with E-state index in [2.05, 4.69) is 11.6 Å². The first kappa shape index (κ1) is 12.7. The summed E-state index contributed by atoms with van der Waals surface area (Å²) >= 11 is 1.80. The van der Waals surface area contributed by atoms with Crippen LogP contribution in [0.25, 0.3) is 0 Å². The first-order valence-electron chi connectivity index (χ1n) is 6.12. The fourth-order valence-electron chi connectivity index (χ4n) is 2.55. The highest BCUT2D eigenvalue weighted by atomic mass is 32.2. The third-order valence-electron chi connectivity index (χ3n) is 4.11. The lowest BCUT2D eigenvalue weighted by molar-refractivity contribution is -0.149. The Morgan fingerprint density at radius 3 is 2.24 bits per heavy atom. The van der Waals surface area contributed by atoms with Crippen molar-refractivity contribution in [1.82, 2.24) is 5.32 Å². The lowest BCUT2D eigenvalue weighted by Crippen LogP contribution is -2.44. The van der Waals surface area contributed by atoms with Gasteiger partial charge in [-0.25, -0.2) is 0 Å². The van der Waals surface area contributed by atoms with Crippen LogP contribution in [0.15, 0.2) is 0 Å². The van der Waals surface area contributed by atoms with Crippen LogP contribution in [0.4, 0.5) is 0 Å². The monoisotopic (exact) mass is 257 g/mol. The third kappa shape index (κ3) is 2.30. The second-order valence-electron chi connectivity index (χ2n) is 5.16. The summed E-state index contributed by atoms with van der Waals surface area (Å²) in [4.78, 5) is 22.9. The molecule has 17 heavy (non-hydrogen) atoms. The van der Waals surface area contributed by atoms with Gasteiger partial charge in [-0.05, 0) is 31.9 Å². The minimum atomic E-state index is -1.10. The molecule has 0 radical (unpaired) electrons. The molecule has 0 atom stereocenters. The van der Waals surface area contributed by atoms with Crippen molar-refractivity contribution in [3.63, 3.8) is 0 Å². The van der Waals surface area contributed by atoms with Gasteiger partial charge in [0, 0.05) is 11.3 Å². The second kappa shape index (κ2) is 4.52. The molecule has 0 aromatic heterocycles. The summed E-state index contributed by atoms with van der Waals surface area (Å²) < 4.78 is 0.143. The number of nitrogens with one attached hydrogen (secondary N) is 1. The van der Waals surface area contributed by atoms with Gasteiger partial charge in [0.2, 0.25) is 5.91 Å². The van der Waals surface area contributed by atoms with Gasteiger partial charge in [-0.15, -0.1) is 0 Å². The van der Waals surface area contributed by atoms with E-state index in [0.717, 1.165) is 12.8 Å². The molecule has 0 aliphatic heterocycles. The highest BCUT2D eigenvalue weighted by molar-refractivity contribution is 8.00. The molecular formula is C12H19NO3S. The Kier molecular flexibility index (Phi) is 3.39. The summed E-state index contributed by atoms with van der Waals surface area (Å²) in [6.07, 6.45) is 7.70. The topological polar surface area (TPSA) is 66.4 Å². The number of hydrogen-bond donors (Lipinski definition) is 2. The maximum atomic E-state index is 11.9. The van der Waals surface area contributed by atoms with Crippen LogP contribution in [0.5, 0.6) is 0 Å². The molecule has 2 aliphatic rings. The number of rotatable bonds is 5. The molecule has 96 valence electrons. The van der Waals surface area contributed by atoms with Gasteiger partial charge in [0.1, 0.15) is 5.41 Å². The smallest absolute Gasteiger partial charge is 0.319 e. The Morgan fingerprint density at radius 2 is 1.82 bits per heavy atom. The van der Waals surface area contributed by atoms with Crippen LogP contribution < -0.4 is 5.32 Å². The first-order valence-corrected chi connectivity index (χ1v) is 7.34. The van der Waals surface area contributed by atoms with Gasteiger partial charge in [0.25, 0.3) is 0 Å². The number of carboxylic acids is 1. The molecule has 4 nitrogen and oxygen atoms in total. The van der Waals surface area contributed by atoms with Crippen molar-refractivity contribution in [2.45, 2.75) is 43.3 Å². The van der Waals surface area contributed by atoms with Gasteiger partial charge in [0.15, 0.2) is 0 Å². The van der Waals surface area contributed by atoms with E-state index in [9.17, 15) is 9.59 Å². The zero-order chi connectivity index (χ0) is 12.5. The van der Waals surface area contributed by atoms with Crippen LogP contribution in [0, 0.1) is 5.41 Å². The summed E-state index contributed by atoms with van der Waals surface area (Å²) in [7, 11) is 0. The van der Waals surface area contributed by atoms with E-state index in [4.69, 9.17) is 5.11 Å². The first-order chi connectivity index (χ1) is 8.05. The molecule has 5 heteroatoms. The number of carbonyl (C=O) groups is 2. The zero-order valence-corrected chi connectivity index (χ0v) is 10.9. The van der Waals surface area contributed by atoms with Crippen molar-refractivity contribution in [1.29, 1.82) is 0 Å². The summed E-state index contributed by atoms with van der Waals surface area (Å²) in [6, 6.07) is 0. The molecule has 0 unspecified atom stereocenters. The predicted octanol–water partition coefficient (Wildman–Crippen LogP) is 1.64. The van der Waals surface area contributed by atoms with Crippen molar-refractivity contribution in [2.24, 2.45) is 5.41 Å². The quantitative estimate of drug-likeness (QED) is 0.735. The van der Waals surface area contributed by atoms with E-state index in [-0.39, 0.29) is 10.7 Å². The van der Waals surface area contributed by atoms with Crippen molar-refractivity contribution in [3.8, 4) is 0 Å². The molecule has 0 bridgehead atoms. The van der Waals surface area contributed by atoms with Crippen LogP contribution in [-0.4, -0.2) is 34.5 Å². The standard InChI is InChI=1S/C12H19NO3S/c1-17-11(4-2-3-5-11)8-13-9(14)12(6-7-12)10(15)16/h2-8H2,1H3,(H,13,14)(H,15,16). The van der Waals surface area contributed by atoms with Crippen molar-refractivity contribution in [3.05, 3.63) is 0 Å². The number of thioether (sulfide) groups is 1. The van der Waals surface area contributed by atoms with Crippen LogP contribution in [0.3, 0.4) is 0 Å². The van der Waals surface area contributed by atoms with Gasteiger partial charge < -0.3 is 10.4 Å². The van der Waals surface area contributed by atoms with Crippen molar-refractivity contribution >= 4 is 23.6 Å². The molecule has 2 rings (SSSR count). The largest absolute Gasteiger partial charge is 0.480 e. The SMILES string of the molecule is CSC1(CNC(=O)C2(C(=O)O)CC2)CCCC1. The Balaban J connectivity index is 1.90. The van der Waals surface area contributed by atoms with Gasteiger partial charge in [0.05, 0.1) is 0 Å². The van der Waals surface area contributed by atoms with Crippen molar-refractivity contribution in [2.75, 3.05) is 12.8 Å².